The molecule has 1 aromatic carbocycles. The van der Waals surface area contributed by atoms with Gasteiger partial charge in [0.1, 0.15) is 5.69 Å². The Morgan fingerprint density at radius 3 is 2.75 bits per heavy atom. The van der Waals surface area contributed by atoms with Crippen LogP contribution in [0, 0.1) is 6.92 Å². The normalized spacial score (nSPS) is 10.4. The van der Waals surface area contributed by atoms with Gasteiger partial charge in [-0.25, -0.2) is 0 Å². The number of aldehydes is 1. The average Bonchev–Trinajstić information content (AvgIpc) is 2.53. The lowest BCUT2D eigenvalue weighted by Gasteiger charge is -2.03. The van der Waals surface area contributed by atoms with Crippen LogP contribution in [0.15, 0.2) is 24.3 Å². The molecule has 1 heterocycles. The van der Waals surface area contributed by atoms with E-state index >= 15 is 0 Å². The lowest BCUT2D eigenvalue weighted by molar-refractivity contribution is 0.111. The molecule has 0 unspecified atom stereocenters. The van der Waals surface area contributed by atoms with Gasteiger partial charge < -0.3 is 0 Å². The van der Waals surface area contributed by atoms with Crippen LogP contribution in [0.5, 0.6) is 0 Å². The second-order valence-corrected chi connectivity index (χ2v) is 4.04. The minimum atomic E-state index is 0.278. The van der Waals surface area contributed by atoms with Crippen LogP contribution in [0.2, 0.25) is 5.02 Å². The van der Waals surface area contributed by atoms with Gasteiger partial charge in [-0.1, -0.05) is 35.4 Å². The molecule has 0 bridgehead atoms. The molecule has 0 N–H and O–H groups in total. The molecule has 16 heavy (non-hydrogen) atoms. The molecule has 0 atom stereocenters. The molecule has 82 valence electrons. The van der Waals surface area contributed by atoms with Crippen molar-refractivity contribution in [2.45, 2.75) is 6.92 Å². The number of hydrogen-bond donors (Lipinski definition) is 0. The Balaban J connectivity index is 2.64. The molecule has 0 aliphatic heterocycles. The molecule has 2 rings (SSSR count). The van der Waals surface area contributed by atoms with Crippen LogP contribution in [0.4, 0.5) is 0 Å². The smallest absolute Gasteiger partial charge is 0.171 e. The van der Waals surface area contributed by atoms with Crippen molar-refractivity contribution in [2.24, 2.45) is 7.05 Å². The zero-order valence-corrected chi connectivity index (χ0v) is 9.82. The van der Waals surface area contributed by atoms with E-state index < -0.39 is 0 Å². The van der Waals surface area contributed by atoms with Gasteiger partial charge in [0.05, 0.1) is 10.7 Å². The van der Waals surface area contributed by atoms with E-state index in [0.29, 0.717) is 11.3 Å². The fourth-order valence-electron chi connectivity index (χ4n) is 1.70. The summed E-state index contributed by atoms with van der Waals surface area (Å²) in [7, 11) is 1.77. The molecular formula is C12H11ClN2O. The van der Waals surface area contributed by atoms with Crippen LogP contribution < -0.4 is 0 Å². The second-order valence-electron chi connectivity index (χ2n) is 3.66. The number of nitrogens with zero attached hydrogens (tertiary/aromatic N) is 2. The highest BCUT2D eigenvalue weighted by molar-refractivity contribution is 6.35. The minimum absolute atomic E-state index is 0.278. The summed E-state index contributed by atoms with van der Waals surface area (Å²) >= 11 is 6.10. The molecule has 0 spiro atoms. The summed E-state index contributed by atoms with van der Waals surface area (Å²) < 4.78 is 1.63. The Morgan fingerprint density at radius 1 is 1.44 bits per heavy atom. The number of aromatic nitrogens is 2. The van der Waals surface area contributed by atoms with Crippen molar-refractivity contribution in [1.29, 1.82) is 0 Å². The van der Waals surface area contributed by atoms with E-state index in [0.717, 1.165) is 16.8 Å². The number of benzene rings is 1. The van der Waals surface area contributed by atoms with Crippen molar-refractivity contribution >= 4 is 17.9 Å². The monoisotopic (exact) mass is 234 g/mol. The number of hydrogen-bond acceptors (Lipinski definition) is 2. The molecule has 0 saturated carbocycles. The molecule has 1 aromatic heterocycles. The number of aryl methyl sites for hydroxylation is 2. The first kappa shape index (κ1) is 10.9. The van der Waals surface area contributed by atoms with Gasteiger partial charge in [0, 0.05) is 12.6 Å². The average molecular weight is 235 g/mol. The molecule has 4 heteroatoms. The van der Waals surface area contributed by atoms with Crippen LogP contribution in [0.3, 0.4) is 0 Å². The van der Waals surface area contributed by atoms with Crippen LogP contribution in [-0.4, -0.2) is 16.1 Å². The van der Waals surface area contributed by atoms with E-state index in [4.69, 9.17) is 11.6 Å². The third-order valence-electron chi connectivity index (χ3n) is 2.42. The zero-order valence-electron chi connectivity index (χ0n) is 9.07. The van der Waals surface area contributed by atoms with E-state index in [1.807, 2.05) is 31.2 Å². The molecule has 0 saturated heterocycles. The van der Waals surface area contributed by atoms with Crippen molar-refractivity contribution < 1.29 is 4.79 Å². The Morgan fingerprint density at radius 2 is 2.19 bits per heavy atom. The Kier molecular flexibility index (Phi) is 2.79. The van der Waals surface area contributed by atoms with E-state index in [9.17, 15) is 4.79 Å². The fourth-order valence-corrected chi connectivity index (χ4v) is 2.01. The summed E-state index contributed by atoms with van der Waals surface area (Å²) in [5.41, 5.74) is 3.16. The maximum atomic E-state index is 10.7. The van der Waals surface area contributed by atoms with Gasteiger partial charge >= 0.3 is 0 Å². The van der Waals surface area contributed by atoms with Gasteiger partial charge in [0.15, 0.2) is 6.29 Å². The van der Waals surface area contributed by atoms with Crippen molar-refractivity contribution in [3.63, 3.8) is 0 Å². The first-order valence-corrected chi connectivity index (χ1v) is 5.26. The predicted molar refractivity (Wildman–Crippen MR) is 63.8 cm³/mol. The molecule has 2 aromatic rings. The van der Waals surface area contributed by atoms with Crippen LogP contribution >= 0.6 is 11.6 Å². The topological polar surface area (TPSA) is 34.9 Å². The zero-order chi connectivity index (χ0) is 11.7. The second kappa shape index (κ2) is 4.10. The first-order valence-electron chi connectivity index (χ1n) is 4.88. The molecule has 0 fully saturated rings. The van der Waals surface area contributed by atoms with E-state index in [-0.39, 0.29) is 5.69 Å². The number of carbonyl (C=O) groups is 1. The van der Waals surface area contributed by atoms with Gasteiger partial charge in [-0.15, -0.1) is 0 Å². The highest BCUT2D eigenvalue weighted by Gasteiger charge is 2.15. The Bertz CT molecular complexity index is 546. The van der Waals surface area contributed by atoms with E-state index in [2.05, 4.69) is 5.10 Å². The van der Waals surface area contributed by atoms with Gasteiger partial charge in [-0.2, -0.15) is 5.10 Å². The third-order valence-corrected chi connectivity index (χ3v) is 2.79. The summed E-state index contributed by atoms with van der Waals surface area (Å²) in [6.07, 6.45) is 0.668. The number of rotatable bonds is 2. The van der Waals surface area contributed by atoms with Crippen LogP contribution in [0.1, 0.15) is 16.1 Å². The summed E-state index contributed by atoms with van der Waals surface area (Å²) in [6, 6.07) is 7.92. The summed E-state index contributed by atoms with van der Waals surface area (Å²) in [4.78, 5) is 10.7. The Hall–Kier alpha value is -1.61. The molecular weight excluding hydrogens is 224 g/mol. The highest BCUT2D eigenvalue weighted by atomic mass is 35.5. The van der Waals surface area contributed by atoms with Crippen molar-refractivity contribution in [3.8, 4) is 11.3 Å². The largest absolute Gasteiger partial charge is 0.296 e. The lowest BCUT2D eigenvalue weighted by atomic mass is 10.1. The molecule has 0 aliphatic rings. The molecule has 0 aliphatic carbocycles. The lowest BCUT2D eigenvalue weighted by Crippen LogP contribution is -1.94. The van der Waals surface area contributed by atoms with Crippen LogP contribution in [0.25, 0.3) is 11.3 Å². The third kappa shape index (κ3) is 1.74. The molecule has 0 radical (unpaired) electrons. The summed E-state index contributed by atoms with van der Waals surface area (Å²) in [6.45, 7) is 2.01. The number of halogens is 1. The first-order chi connectivity index (χ1) is 7.63. The van der Waals surface area contributed by atoms with Crippen LogP contribution in [-0.2, 0) is 7.05 Å². The van der Waals surface area contributed by atoms with E-state index in [1.54, 1.807) is 11.7 Å². The highest BCUT2D eigenvalue weighted by Crippen LogP contribution is 2.29. The van der Waals surface area contributed by atoms with Gasteiger partial charge in [0.25, 0.3) is 0 Å². The van der Waals surface area contributed by atoms with Gasteiger partial charge in [-0.3, -0.25) is 9.48 Å². The molecule has 3 nitrogen and oxygen atoms in total. The van der Waals surface area contributed by atoms with Crippen molar-refractivity contribution in [2.75, 3.05) is 0 Å². The fraction of sp³-hybridized carbons (Fsp3) is 0.167. The SMILES string of the molecule is Cc1cccc(-c2c(Cl)c(C=O)nn2C)c1. The van der Waals surface area contributed by atoms with Crippen molar-refractivity contribution in [3.05, 3.63) is 40.5 Å². The van der Waals surface area contributed by atoms with Crippen molar-refractivity contribution in [1.82, 2.24) is 9.78 Å². The predicted octanol–water partition coefficient (Wildman–Crippen LogP) is 2.86. The quantitative estimate of drug-likeness (QED) is 0.749. The maximum Gasteiger partial charge on any atom is 0.171 e. The number of carbonyl (C=O) groups excluding carboxylic acids is 1. The maximum absolute atomic E-state index is 10.7. The van der Waals surface area contributed by atoms with Gasteiger partial charge in [0.2, 0.25) is 0 Å². The Labute approximate surface area is 98.7 Å². The molecule has 0 amide bonds. The van der Waals surface area contributed by atoms with Gasteiger partial charge in [-0.05, 0) is 13.0 Å². The minimum Gasteiger partial charge on any atom is -0.296 e. The standard InChI is InChI=1S/C12H11ClN2O/c1-8-4-3-5-9(6-8)12-11(13)10(7-16)14-15(12)2/h3-7H,1-2H3. The van der Waals surface area contributed by atoms with E-state index in [1.165, 1.54) is 0 Å². The summed E-state index contributed by atoms with van der Waals surface area (Å²) in [5, 5.41) is 4.46. The summed E-state index contributed by atoms with van der Waals surface area (Å²) in [5.74, 6) is 0.